The van der Waals surface area contributed by atoms with Crippen LogP contribution < -0.4 is 5.32 Å². The summed E-state index contributed by atoms with van der Waals surface area (Å²) in [5.74, 6) is 0.447. The van der Waals surface area contributed by atoms with Crippen molar-refractivity contribution in [1.82, 2.24) is 19.8 Å². The summed E-state index contributed by atoms with van der Waals surface area (Å²) in [6.07, 6.45) is 3.60. The second-order valence-corrected chi connectivity index (χ2v) is 7.48. The number of nitrogens with one attached hydrogen (secondary N) is 1. The molecule has 3 heterocycles. The minimum Gasteiger partial charge on any atom is -0.465 e. The molecule has 9 heteroatoms. The average Bonchev–Trinajstić information content (AvgIpc) is 3.16. The van der Waals surface area contributed by atoms with E-state index in [1.165, 1.54) is 17.3 Å². The summed E-state index contributed by atoms with van der Waals surface area (Å²) in [5.41, 5.74) is 2.60. The fourth-order valence-electron chi connectivity index (χ4n) is 3.67. The van der Waals surface area contributed by atoms with Gasteiger partial charge in [0.2, 0.25) is 5.95 Å². The molecule has 0 spiro atoms. The number of rotatable bonds is 3. The van der Waals surface area contributed by atoms with Crippen LogP contribution in [0.1, 0.15) is 27.9 Å². The van der Waals surface area contributed by atoms with Crippen molar-refractivity contribution in [2.45, 2.75) is 25.4 Å². The zero-order chi connectivity index (χ0) is 19.7. The minimum atomic E-state index is -0.930. The number of likely N-dealkylation sites (tertiary alicyclic amines) is 1. The van der Waals surface area contributed by atoms with Gasteiger partial charge in [0, 0.05) is 37.8 Å². The van der Waals surface area contributed by atoms with Gasteiger partial charge in [-0.2, -0.15) is 0 Å². The molecule has 1 saturated heterocycles. The number of anilines is 1. The first kappa shape index (κ1) is 18.5. The Morgan fingerprint density at radius 2 is 1.93 bits per heavy atom. The Balaban J connectivity index is 1.42. The second-order valence-electron chi connectivity index (χ2n) is 7.04. The van der Waals surface area contributed by atoms with Gasteiger partial charge in [-0.25, -0.2) is 14.8 Å². The van der Waals surface area contributed by atoms with Gasteiger partial charge in [-0.15, -0.1) is 0 Å². The molecule has 0 saturated carbocycles. The number of halogens is 1. The van der Waals surface area contributed by atoms with Crippen LogP contribution in [-0.4, -0.2) is 62.6 Å². The number of hydrogen-bond acceptors (Lipinski definition) is 5. The van der Waals surface area contributed by atoms with Crippen LogP contribution in [0.2, 0.25) is 5.02 Å². The number of carboxylic acid groups (broad SMARTS) is 1. The Labute approximate surface area is 167 Å². The molecule has 1 aromatic heterocycles. The Bertz CT molecular complexity index is 905. The van der Waals surface area contributed by atoms with Crippen molar-refractivity contribution in [2.24, 2.45) is 0 Å². The molecule has 146 valence electrons. The number of aromatic nitrogens is 2. The predicted octanol–water partition coefficient (Wildman–Crippen LogP) is 2.49. The van der Waals surface area contributed by atoms with Crippen molar-refractivity contribution in [3.63, 3.8) is 0 Å². The van der Waals surface area contributed by atoms with Crippen LogP contribution in [0.15, 0.2) is 30.6 Å². The maximum Gasteiger partial charge on any atom is 0.407 e. The van der Waals surface area contributed by atoms with Gasteiger partial charge in [-0.1, -0.05) is 17.7 Å². The lowest BCUT2D eigenvalue weighted by molar-refractivity contribution is 0.0791. The van der Waals surface area contributed by atoms with Gasteiger partial charge in [-0.3, -0.25) is 4.79 Å². The lowest BCUT2D eigenvalue weighted by atomic mass is 9.97. The summed E-state index contributed by atoms with van der Waals surface area (Å²) in [5, 5.41) is 12.9. The van der Waals surface area contributed by atoms with E-state index in [1.54, 1.807) is 4.90 Å². The van der Waals surface area contributed by atoms with Gasteiger partial charge in [-0.05, 0) is 36.1 Å². The standard InChI is InChI=1S/C19H20ClN5O3/c20-15-8-21-18(22-9-15)23-16-4-6-24(11-16)17(26)13-2-1-12-3-5-25(19(27)28)10-14(12)7-13/h1-2,7-9,16H,3-6,10-11H2,(H,27,28)(H,21,22,23). The highest BCUT2D eigenvalue weighted by Crippen LogP contribution is 2.23. The van der Waals surface area contributed by atoms with Gasteiger partial charge in [0.1, 0.15) is 0 Å². The van der Waals surface area contributed by atoms with Crippen LogP contribution >= 0.6 is 11.6 Å². The fourth-order valence-corrected chi connectivity index (χ4v) is 3.77. The molecule has 2 N–H and O–H groups in total. The second kappa shape index (κ2) is 7.63. The molecule has 2 amide bonds. The summed E-state index contributed by atoms with van der Waals surface area (Å²) in [6, 6.07) is 5.68. The molecule has 4 rings (SSSR count). The smallest absolute Gasteiger partial charge is 0.407 e. The van der Waals surface area contributed by atoms with Gasteiger partial charge in [0.05, 0.1) is 17.4 Å². The highest BCUT2D eigenvalue weighted by molar-refractivity contribution is 6.30. The zero-order valence-electron chi connectivity index (χ0n) is 15.1. The summed E-state index contributed by atoms with van der Waals surface area (Å²) in [4.78, 5) is 35.6. The number of carbonyl (C=O) groups excluding carboxylic acids is 1. The largest absolute Gasteiger partial charge is 0.465 e. The maximum atomic E-state index is 12.9. The van der Waals surface area contributed by atoms with Gasteiger partial charge < -0.3 is 20.2 Å². The molecular formula is C19H20ClN5O3. The fraction of sp³-hybridized carbons (Fsp3) is 0.368. The van der Waals surface area contributed by atoms with Crippen molar-refractivity contribution in [3.05, 3.63) is 52.3 Å². The molecular weight excluding hydrogens is 382 g/mol. The van der Waals surface area contributed by atoms with Crippen LogP contribution in [0.4, 0.5) is 10.7 Å². The number of nitrogens with zero attached hydrogens (tertiary/aromatic N) is 4. The molecule has 0 radical (unpaired) electrons. The van der Waals surface area contributed by atoms with Gasteiger partial charge in [0.25, 0.3) is 5.91 Å². The monoisotopic (exact) mass is 401 g/mol. The Hall–Kier alpha value is -2.87. The molecule has 2 aromatic rings. The Morgan fingerprint density at radius 1 is 1.14 bits per heavy atom. The average molecular weight is 402 g/mol. The normalized spacial score (nSPS) is 18.7. The number of amides is 2. The molecule has 1 unspecified atom stereocenters. The van der Waals surface area contributed by atoms with Crippen LogP contribution in [0, 0.1) is 0 Å². The third-order valence-corrected chi connectivity index (χ3v) is 5.36. The number of benzene rings is 1. The van der Waals surface area contributed by atoms with Gasteiger partial charge in [0.15, 0.2) is 0 Å². The highest BCUT2D eigenvalue weighted by Gasteiger charge is 2.28. The van der Waals surface area contributed by atoms with Crippen molar-refractivity contribution in [3.8, 4) is 0 Å². The number of carbonyl (C=O) groups is 2. The van der Waals surface area contributed by atoms with Crippen molar-refractivity contribution in [2.75, 3.05) is 25.0 Å². The lowest BCUT2D eigenvalue weighted by Crippen LogP contribution is -2.35. The third-order valence-electron chi connectivity index (χ3n) is 5.17. The first-order valence-electron chi connectivity index (χ1n) is 9.12. The van der Waals surface area contributed by atoms with Crippen molar-refractivity contribution >= 4 is 29.5 Å². The molecule has 0 aliphatic carbocycles. The molecule has 1 atom stereocenters. The topological polar surface area (TPSA) is 98.7 Å². The molecule has 2 aliphatic heterocycles. The quantitative estimate of drug-likeness (QED) is 0.819. The van der Waals surface area contributed by atoms with E-state index in [4.69, 9.17) is 11.6 Å². The van der Waals surface area contributed by atoms with Crippen molar-refractivity contribution < 1.29 is 14.7 Å². The maximum absolute atomic E-state index is 12.9. The van der Waals surface area contributed by atoms with E-state index in [1.807, 2.05) is 18.2 Å². The summed E-state index contributed by atoms with van der Waals surface area (Å²) >= 11 is 5.80. The lowest BCUT2D eigenvalue weighted by Gasteiger charge is -2.27. The van der Waals surface area contributed by atoms with Crippen LogP contribution in [0.25, 0.3) is 0 Å². The van der Waals surface area contributed by atoms with E-state index < -0.39 is 6.09 Å². The summed E-state index contributed by atoms with van der Waals surface area (Å²) in [6.45, 7) is 2.01. The third kappa shape index (κ3) is 3.87. The SMILES string of the molecule is O=C(O)N1CCc2ccc(C(=O)N3CCC(Nc4ncc(Cl)cn4)C3)cc2C1. The first-order valence-corrected chi connectivity index (χ1v) is 9.50. The van der Waals surface area contributed by atoms with E-state index in [2.05, 4.69) is 15.3 Å². The van der Waals surface area contributed by atoms with Crippen LogP contribution in [0.5, 0.6) is 0 Å². The van der Waals surface area contributed by atoms with E-state index in [0.717, 1.165) is 17.5 Å². The predicted molar refractivity (Wildman–Crippen MR) is 104 cm³/mol. The molecule has 8 nitrogen and oxygen atoms in total. The minimum absolute atomic E-state index is 0.0448. The van der Waals surface area contributed by atoms with E-state index in [9.17, 15) is 14.7 Å². The van der Waals surface area contributed by atoms with Crippen molar-refractivity contribution in [1.29, 1.82) is 0 Å². The summed E-state index contributed by atoms with van der Waals surface area (Å²) in [7, 11) is 0. The van der Waals surface area contributed by atoms with Crippen LogP contribution in [-0.2, 0) is 13.0 Å². The highest BCUT2D eigenvalue weighted by atomic mass is 35.5. The van der Waals surface area contributed by atoms with Crippen LogP contribution in [0.3, 0.4) is 0 Å². The van der Waals surface area contributed by atoms with E-state index >= 15 is 0 Å². The Kier molecular flexibility index (Phi) is 5.04. The Morgan fingerprint density at radius 3 is 2.68 bits per heavy atom. The first-order chi connectivity index (χ1) is 13.5. The van der Waals surface area contributed by atoms with Gasteiger partial charge >= 0.3 is 6.09 Å². The molecule has 2 aliphatic rings. The zero-order valence-corrected chi connectivity index (χ0v) is 15.9. The molecule has 1 aromatic carbocycles. The number of hydrogen-bond donors (Lipinski definition) is 2. The van der Waals surface area contributed by atoms with E-state index in [0.29, 0.717) is 49.1 Å². The molecule has 28 heavy (non-hydrogen) atoms. The van der Waals surface area contributed by atoms with E-state index in [-0.39, 0.29) is 11.9 Å². The molecule has 0 bridgehead atoms. The molecule has 1 fully saturated rings. The summed E-state index contributed by atoms with van der Waals surface area (Å²) < 4.78 is 0. The number of fused-ring (bicyclic) bond motifs is 1.